The SMILES string of the molecule is CC1(C)CN(C(=O)c2ccn(-c3ccc([N+](=O)[O-])cc3)n2)CCC1N. The number of amides is 1. The molecule has 0 saturated carbocycles. The van der Waals surface area contributed by atoms with Crippen molar-refractivity contribution in [1.29, 1.82) is 0 Å². The molecule has 3 rings (SSSR count). The van der Waals surface area contributed by atoms with Crippen molar-refractivity contribution in [2.75, 3.05) is 13.1 Å². The summed E-state index contributed by atoms with van der Waals surface area (Å²) in [5, 5.41) is 15.0. The molecule has 132 valence electrons. The van der Waals surface area contributed by atoms with Gasteiger partial charge in [0.2, 0.25) is 0 Å². The van der Waals surface area contributed by atoms with Crippen LogP contribution in [0.25, 0.3) is 5.69 Å². The second-order valence-electron chi connectivity index (χ2n) is 7.03. The first-order valence-electron chi connectivity index (χ1n) is 8.13. The van der Waals surface area contributed by atoms with Gasteiger partial charge in [0.05, 0.1) is 10.6 Å². The first-order valence-corrected chi connectivity index (χ1v) is 8.13. The highest BCUT2D eigenvalue weighted by Crippen LogP contribution is 2.28. The molecular weight excluding hydrogens is 322 g/mol. The van der Waals surface area contributed by atoms with E-state index in [4.69, 9.17) is 5.73 Å². The van der Waals surface area contributed by atoms with E-state index in [2.05, 4.69) is 18.9 Å². The average Bonchev–Trinajstić information content (AvgIpc) is 3.06. The summed E-state index contributed by atoms with van der Waals surface area (Å²) in [6.07, 6.45) is 2.44. The zero-order chi connectivity index (χ0) is 18.2. The number of rotatable bonds is 3. The summed E-state index contributed by atoms with van der Waals surface area (Å²) >= 11 is 0. The molecule has 25 heavy (non-hydrogen) atoms. The van der Waals surface area contributed by atoms with E-state index < -0.39 is 4.92 Å². The minimum atomic E-state index is -0.454. The summed E-state index contributed by atoms with van der Waals surface area (Å²) < 4.78 is 1.54. The predicted molar refractivity (Wildman–Crippen MR) is 92.5 cm³/mol. The fourth-order valence-corrected chi connectivity index (χ4v) is 3.02. The summed E-state index contributed by atoms with van der Waals surface area (Å²) in [5.41, 5.74) is 7.01. The number of aromatic nitrogens is 2. The van der Waals surface area contributed by atoms with E-state index in [1.165, 1.54) is 16.8 Å². The number of carbonyl (C=O) groups is 1. The van der Waals surface area contributed by atoms with Gasteiger partial charge in [0, 0.05) is 37.5 Å². The first kappa shape index (κ1) is 17.1. The van der Waals surface area contributed by atoms with E-state index in [9.17, 15) is 14.9 Å². The van der Waals surface area contributed by atoms with Crippen LogP contribution in [0.5, 0.6) is 0 Å². The average molecular weight is 343 g/mol. The number of hydrogen-bond acceptors (Lipinski definition) is 5. The van der Waals surface area contributed by atoms with Gasteiger partial charge in [-0.25, -0.2) is 4.68 Å². The van der Waals surface area contributed by atoms with E-state index in [1.807, 2.05) is 0 Å². The highest BCUT2D eigenvalue weighted by Gasteiger charge is 2.36. The molecular formula is C17H21N5O3. The summed E-state index contributed by atoms with van der Waals surface area (Å²) in [7, 11) is 0. The molecule has 1 aromatic heterocycles. The number of nitrogens with zero attached hydrogens (tertiary/aromatic N) is 4. The lowest BCUT2D eigenvalue weighted by Gasteiger charge is -2.42. The Morgan fingerprint density at radius 3 is 2.60 bits per heavy atom. The molecule has 1 aliphatic rings. The number of piperidine rings is 1. The standard InChI is InChI=1S/C17H21N5O3/c1-17(2)11-20(9-8-15(17)18)16(23)14-7-10-21(19-14)12-3-5-13(6-4-12)22(24)25/h3-7,10,15H,8-9,11,18H2,1-2H3. The topological polar surface area (TPSA) is 107 Å². The Hall–Kier alpha value is -2.74. The van der Waals surface area contributed by atoms with E-state index in [1.54, 1.807) is 29.3 Å². The number of benzene rings is 1. The molecule has 1 unspecified atom stereocenters. The molecule has 0 bridgehead atoms. The molecule has 8 nitrogen and oxygen atoms in total. The monoisotopic (exact) mass is 343 g/mol. The van der Waals surface area contributed by atoms with Gasteiger partial charge in [-0.1, -0.05) is 13.8 Å². The molecule has 0 aliphatic carbocycles. The highest BCUT2D eigenvalue weighted by atomic mass is 16.6. The van der Waals surface area contributed by atoms with Crippen LogP contribution in [-0.2, 0) is 0 Å². The zero-order valence-electron chi connectivity index (χ0n) is 14.3. The van der Waals surface area contributed by atoms with Crippen molar-refractivity contribution in [2.24, 2.45) is 11.1 Å². The fourth-order valence-electron chi connectivity index (χ4n) is 3.02. The number of nitrogens with two attached hydrogens (primary N) is 1. The van der Waals surface area contributed by atoms with Gasteiger partial charge in [-0.05, 0) is 30.0 Å². The van der Waals surface area contributed by atoms with Crippen LogP contribution in [0.4, 0.5) is 5.69 Å². The Morgan fingerprint density at radius 1 is 1.32 bits per heavy atom. The van der Waals surface area contributed by atoms with Crippen LogP contribution < -0.4 is 5.73 Å². The largest absolute Gasteiger partial charge is 0.337 e. The summed E-state index contributed by atoms with van der Waals surface area (Å²) in [6, 6.07) is 7.75. The Morgan fingerprint density at radius 2 is 2.00 bits per heavy atom. The second kappa shape index (κ2) is 6.29. The third-order valence-corrected chi connectivity index (χ3v) is 4.73. The minimum Gasteiger partial charge on any atom is -0.337 e. The maximum absolute atomic E-state index is 12.7. The number of non-ortho nitro benzene ring substituents is 1. The molecule has 8 heteroatoms. The molecule has 1 amide bonds. The number of nitro groups is 1. The number of nitro benzene ring substituents is 1. The van der Waals surface area contributed by atoms with Crippen LogP contribution in [-0.4, -0.2) is 44.6 Å². The molecule has 2 heterocycles. The van der Waals surface area contributed by atoms with Crippen LogP contribution in [0.15, 0.2) is 36.5 Å². The van der Waals surface area contributed by atoms with Crippen LogP contribution in [0, 0.1) is 15.5 Å². The normalized spacial score (nSPS) is 19.6. The molecule has 1 saturated heterocycles. The van der Waals surface area contributed by atoms with Crippen molar-refractivity contribution in [3.05, 3.63) is 52.3 Å². The summed E-state index contributed by atoms with van der Waals surface area (Å²) in [6.45, 7) is 5.34. The van der Waals surface area contributed by atoms with Crippen LogP contribution in [0.2, 0.25) is 0 Å². The fraction of sp³-hybridized carbons (Fsp3) is 0.412. The Bertz CT molecular complexity index is 797. The minimum absolute atomic E-state index is 0.0130. The van der Waals surface area contributed by atoms with Gasteiger partial charge in [-0.3, -0.25) is 14.9 Å². The highest BCUT2D eigenvalue weighted by molar-refractivity contribution is 5.92. The Labute approximate surface area is 145 Å². The molecule has 1 aromatic carbocycles. The smallest absolute Gasteiger partial charge is 0.274 e. The van der Waals surface area contributed by atoms with E-state index >= 15 is 0 Å². The summed E-state index contributed by atoms with van der Waals surface area (Å²) in [4.78, 5) is 24.7. The summed E-state index contributed by atoms with van der Waals surface area (Å²) in [5.74, 6) is -0.124. The van der Waals surface area contributed by atoms with Crippen LogP contribution in [0.3, 0.4) is 0 Å². The first-order chi connectivity index (χ1) is 11.8. The second-order valence-corrected chi connectivity index (χ2v) is 7.03. The van der Waals surface area contributed by atoms with Gasteiger partial charge in [0.1, 0.15) is 0 Å². The van der Waals surface area contributed by atoms with Crippen molar-refractivity contribution in [2.45, 2.75) is 26.3 Å². The van der Waals surface area contributed by atoms with Crippen molar-refractivity contribution in [3.63, 3.8) is 0 Å². The van der Waals surface area contributed by atoms with Crippen LogP contribution >= 0.6 is 0 Å². The molecule has 1 atom stereocenters. The molecule has 1 fully saturated rings. The molecule has 2 N–H and O–H groups in total. The van der Waals surface area contributed by atoms with Gasteiger partial charge >= 0.3 is 0 Å². The Balaban J connectivity index is 1.77. The lowest BCUT2D eigenvalue weighted by atomic mass is 9.79. The molecule has 1 aliphatic heterocycles. The maximum Gasteiger partial charge on any atom is 0.274 e. The van der Waals surface area contributed by atoms with Gasteiger partial charge in [-0.15, -0.1) is 0 Å². The third-order valence-electron chi connectivity index (χ3n) is 4.73. The quantitative estimate of drug-likeness (QED) is 0.677. The van der Waals surface area contributed by atoms with E-state index in [0.29, 0.717) is 24.5 Å². The van der Waals surface area contributed by atoms with Crippen molar-refractivity contribution in [1.82, 2.24) is 14.7 Å². The number of likely N-dealkylation sites (tertiary alicyclic amines) is 1. The molecule has 0 spiro atoms. The number of hydrogen-bond donors (Lipinski definition) is 1. The van der Waals surface area contributed by atoms with Crippen molar-refractivity contribution < 1.29 is 9.72 Å². The van der Waals surface area contributed by atoms with Gasteiger partial charge in [-0.2, -0.15) is 5.10 Å². The van der Waals surface area contributed by atoms with Gasteiger partial charge in [0.25, 0.3) is 11.6 Å². The predicted octanol–water partition coefficient (Wildman–Crippen LogP) is 1.98. The van der Waals surface area contributed by atoms with Gasteiger partial charge < -0.3 is 10.6 Å². The number of carbonyl (C=O) groups excluding carboxylic acids is 1. The van der Waals surface area contributed by atoms with Crippen molar-refractivity contribution >= 4 is 11.6 Å². The lowest BCUT2D eigenvalue weighted by Crippen LogP contribution is -2.54. The van der Waals surface area contributed by atoms with E-state index in [-0.39, 0.29) is 23.1 Å². The maximum atomic E-state index is 12.7. The van der Waals surface area contributed by atoms with E-state index in [0.717, 1.165) is 6.42 Å². The molecule has 2 aromatic rings. The van der Waals surface area contributed by atoms with Gasteiger partial charge in [0.15, 0.2) is 5.69 Å². The van der Waals surface area contributed by atoms with Crippen molar-refractivity contribution in [3.8, 4) is 5.69 Å². The third kappa shape index (κ3) is 3.39. The Kier molecular flexibility index (Phi) is 4.30. The molecule has 0 radical (unpaired) electrons. The van der Waals surface area contributed by atoms with Crippen LogP contribution in [0.1, 0.15) is 30.8 Å². The zero-order valence-corrected chi connectivity index (χ0v) is 14.3. The lowest BCUT2D eigenvalue weighted by molar-refractivity contribution is -0.384.